The summed E-state index contributed by atoms with van der Waals surface area (Å²) in [6.45, 7) is 8.44. The fourth-order valence-electron chi connectivity index (χ4n) is 2.98. The van der Waals surface area contributed by atoms with Gasteiger partial charge in [0.05, 0.1) is 10.6 Å². The number of halogens is 1. The van der Waals surface area contributed by atoms with Crippen molar-refractivity contribution in [1.82, 2.24) is 0 Å². The Kier molecular flexibility index (Phi) is 4.75. The molecule has 0 fully saturated rings. The largest absolute Gasteiger partial charge is 0.266 e. The number of hydrogen-bond donors (Lipinski definition) is 0. The molecule has 1 aliphatic heterocycles. The van der Waals surface area contributed by atoms with E-state index >= 15 is 0 Å². The number of allylic oxidation sites excluding steroid dienone is 1. The van der Waals surface area contributed by atoms with E-state index in [0.717, 1.165) is 38.8 Å². The van der Waals surface area contributed by atoms with Crippen molar-refractivity contribution in [3.8, 4) is 0 Å². The van der Waals surface area contributed by atoms with Crippen LogP contribution in [0.4, 0.5) is 5.69 Å². The van der Waals surface area contributed by atoms with E-state index in [2.05, 4.69) is 35.2 Å². The second kappa shape index (κ2) is 6.52. The van der Waals surface area contributed by atoms with Gasteiger partial charge < -0.3 is 0 Å². The zero-order valence-corrected chi connectivity index (χ0v) is 16.8. The van der Waals surface area contributed by atoms with Crippen LogP contribution < -0.4 is 4.31 Å². The predicted molar refractivity (Wildman–Crippen MR) is 107 cm³/mol. The van der Waals surface area contributed by atoms with Gasteiger partial charge in [0.15, 0.2) is 0 Å². The molecule has 0 radical (unpaired) electrons. The molecule has 0 saturated carbocycles. The van der Waals surface area contributed by atoms with Crippen molar-refractivity contribution in [2.24, 2.45) is 0 Å². The summed E-state index contributed by atoms with van der Waals surface area (Å²) in [5.41, 5.74) is 5.29. The van der Waals surface area contributed by atoms with Crippen LogP contribution in [0.1, 0.15) is 23.6 Å². The van der Waals surface area contributed by atoms with Crippen molar-refractivity contribution in [2.75, 3.05) is 10.8 Å². The lowest BCUT2D eigenvalue weighted by Gasteiger charge is -2.20. The third-order valence-electron chi connectivity index (χ3n) is 4.20. The third-order valence-corrected chi connectivity index (χ3v) is 7.03. The van der Waals surface area contributed by atoms with Gasteiger partial charge in [-0.25, -0.2) is 8.42 Å². The number of nitrogens with zero attached hydrogens (tertiary/aromatic N) is 1. The van der Waals surface area contributed by atoms with Crippen LogP contribution in [0.5, 0.6) is 0 Å². The highest BCUT2D eigenvalue weighted by Crippen LogP contribution is 2.36. The van der Waals surface area contributed by atoms with Crippen LogP contribution in [0.25, 0.3) is 0 Å². The Bertz CT molecular complexity index is 902. The maximum absolute atomic E-state index is 13.0. The molecule has 0 saturated heterocycles. The molecule has 0 aliphatic carbocycles. The molecular formula is C19H20INO2S. The first-order valence-corrected chi connectivity index (χ1v) is 10.4. The first kappa shape index (κ1) is 17.5. The second-order valence-electron chi connectivity index (χ2n) is 6.35. The standard InChI is InChI=1S/C19H20INO2S/c1-13(2)10-16-11-15-8-9-21(19(15)12-18(16)20)24(22,23)17-6-4-14(3)5-7-17/h4-7,11-12H,1,8-10H2,2-3H3. The molecule has 0 bridgehead atoms. The topological polar surface area (TPSA) is 37.4 Å². The summed E-state index contributed by atoms with van der Waals surface area (Å²) in [7, 11) is -3.51. The molecule has 3 rings (SSSR count). The molecular weight excluding hydrogens is 433 g/mol. The molecule has 2 aromatic rings. The average Bonchev–Trinajstić information content (AvgIpc) is 2.91. The van der Waals surface area contributed by atoms with Gasteiger partial charge in [0.2, 0.25) is 0 Å². The number of benzene rings is 2. The summed E-state index contributed by atoms with van der Waals surface area (Å²) in [4.78, 5) is 0.349. The van der Waals surface area contributed by atoms with Crippen LogP contribution in [-0.4, -0.2) is 15.0 Å². The second-order valence-corrected chi connectivity index (χ2v) is 9.37. The molecule has 5 heteroatoms. The van der Waals surface area contributed by atoms with E-state index in [-0.39, 0.29) is 0 Å². The molecule has 3 nitrogen and oxygen atoms in total. The lowest BCUT2D eigenvalue weighted by molar-refractivity contribution is 0.592. The van der Waals surface area contributed by atoms with Gasteiger partial charge in [-0.05, 0) is 78.6 Å². The maximum Gasteiger partial charge on any atom is 0.264 e. The summed E-state index contributed by atoms with van der Waals surface area (Å²) in [5, 5.41) is 0. The summed E-state index contributed by atoms with van der Waals surface area (Å²) in [6, 6.07) is 11.2. The molecule has 2 aromatic carbocycles. The number of rotatable bonds is 4. The molecule has 0 aromatic heterocycles. The number of fused-ring (bicyclic) bond motifs is 1. The summed E-state index contributed by atoms with van der Waals surface area (Å²) in [5.74, 6) is 0. The normalized spacial score (nSPS) is 13.9. The summed E-state index contributed by atoms with van der Waals surface area (Å²) in [6.07, 6.45) is 1.58. The van der Waals surface area contributed by atoms with Gasteiger partial charge in [-0.2, -0.15) is 0 Å². The fraction of sp³-hybridized carbons (Fsp3) is 0.263. The Labute approximate surface area is 157 Å². The van der Waals surface area contributed by atoms with Gasteiger partial charge in [-0.15, -0.1) is 0 Å². The van der Waals surface area contributed by atoms with Crippen LogP contribution in [0.15, 0.2) is 53.4 Å². The molecule has 126 valence electrons. The monoisotopic (exact) mass is 453 g/mol. The number of hydrogen-bond acceptors (Lipinski definition) is 2. The Morgan fingerprint density at radius 1 is 1.25 bits per heavy atom. The highest BCUT2D eigenvalue weighted by Gasteiger charge is 2.31. The highest BCUT2D eigenvalue weighted by atomic mass is 127. The molecule has 1 aliphatic rings. The van der Waals surface area contributed by atoms with Gasteiger partial charge >= 0.3 is 0 Å². The number of anilines is 1. The van der Waals surface area contributed by atoms with E-state index in [9.17, 15) is 8.42 Å². The summed E-state index contributed by atoms with van der Waals surface area (Å²) < 4.78 is 28.6. The number of sulfonamides is 1. The molecule has 0 N–H and O–H groups in total. The maximum atomic E-state index is 13.0. The first-order valence-electron chi connectivity index (χ1n) is 7.84. The zero-order chi connectivity index (χ0) is 17.5. The minimum atomic E-state index is -3.51. The summed E-state index contributed by atoms with van der Waals surface area (Å²) >= 11 is 2.28. The minimum Gasteiger partial charge on any atom is -0.266 e. The van der Waals surface area contributed by atoms with Gasteiger partial charge in [-0.1, -0.05) is 35.9 Å². The van der Waals surface area contributed by atoms with Crippen LogP contribution in [0.3, 0.4) is 0 Å². The van der Waals surface area contributed by atoms with E-state index < -0.39 is 10.0 Å². The van der Waals surface area contributed by atoms with E-state index in [1.807, 2.05) is 32.0 Å². The van der Waals surface area contributed by atoms with E-state index in [4.69, 9.17) is 0 Å². The molecule has 0 atom stereocenters. The van der Waals surface area contributed by atoms with Crippen LogP contribution >= 0.6 is 22.6 Å². The van der Waals surface area contributed by atoms with Crippen molar-refractivity contribution < 1.29 is 8.42 Å². The Morgan fingerprint density at radius 3 is 2.54 bits per heavy atom. The van der Waals surface area contributed by atoms with Gasteiger partial charge in [0.25, 0.3) is 10.0 Å². The predicted octanol–water partition coefficient (Wildman–Crippen LogP) is 4.47. The van der Waals surface area contributed by atoms with Gasteiger partial charge in [0.1, 0.15) is 0 Å². The van der Waals surface area contributed by atoms with Crippen molar-refractivity contribution >= 4 is 38.3 Å². The molecule has 1 heterocycles. The number of aryl methyl sites for hydroxylation is 1. The Balaban J connectivity index is 2.01. The molecule has 0 unspecified atom stereocenters. The van der Waals surface area contributed by atoms with Crippen LogP contribution in [0.2, 0.25) is 0 Å². The van der Waals surface area contributed by atoms with Gasteiger partial charge in [0, 0.05) is 10.1 Å². The van der Waals surface area contributed by atoms with Crippen molar-refractivity contribution in [3.63, 3.8) is 0 Å². The Morgan fingerprint density at radius 2 is 1.92 bits per heavy atom. The lowest BCUT2D eigenvalue weighted by atomic mass is 10.0. The van der Waals surface area contributed by atoms with Crippen LogP contribution in [-0.2, 0) is 22.9 Å². The Hall–Kier alpha value is -1.34. The van der Waals surface area contributed by atoms with Crippen LogP contribution in [0, 0.1) is 10.5 Å². The van der Waals surface area contributed by atoms with E-state index in [1.165, 1.54) is 5.56 Å². The average molecular weight is 453 g/mol. The third kappa shape index (κ3) is 3.24. The fourth-order valence-corrected chi connectivity index (χ4v) is 5.12. The van der Waals surface area contributed by atoms with Gasteiger partial charge in [-0.3, -0.25) is 4.31 Å². The van der Waals surface area contributed by atoms with Crippen molar-refractivity contribution in [2.45, 2.75) is 31.6 Å². The molecule has 24 heavy (non-hydrogen) atoms. The molecule has 0 amide bonds. The van der Waals surface area contributed by atoms with E-state index in [1.54, 1.807) is 16.4 Å². The quantitative estimate of drug-likeness (QED) is 0.506. The highest BCUT2D eigenvalue weighted by molar-refractivity contribution is 14.1. The van der Waals surface area contributed by atoms with E-state index in [0.29, 0.717) is 11.4 Å². The first-order chi connectivity index (χ1) is 11.3. The SMILES string of the molecule is C=C(C)Cc1cc2c(cc1I)N(S(=O)(=O)c1ccc(C)cc1)CC2. The zero-order valence-electron chi connectivity index (χ0n) is 13.8. The lowest BCUT2D eigenvalue weighted by Crippen LogP contribution is -2.29. The minimum absolute atomic E-state index is 0.349. The van der Waals surface area contributed by atoms with Crippen molar-refractivity contribution in [3.05, 3.63) is 68.8 Å². The van der Waals surface area contributed by atoms with Crippen molar-refractivity contribution in [1.29, 1.82) is 0 Å². The smallest absolute Gasteiger partial charge is 0.264 e. The molecule has 0 spiro atoms.